The highest BCUT2D eigenvalue weighted by atomic mass is 19.1. The first-order chi connectivity index (χ1) is 16.2. The van der Waals surface area contributed by atoms with Gasteiger partial charge in [0.15, 0.2) is 0 Å². The Kier molecular flexibility index (Phi) is 6.37. The van der Waals surface area contributed by atoms with Gasteiger partial charge in [0.05, 0.1) is 19.8 Å². The van der Waals surface area contributed by atoms with Crippen LogP contribution in [0, 0.1) is 5.82 Å². The third kappa shape index (κ3) is 4.77. The van der Waals surface area contributed by atoms with Gasteiger partial charge in [-0.25, -0.2) is 13.9 Å². The standard InChI is InChI=1S/C25H26FN3O4/c26-21-15-19(16-28-10-13-31-14-11-28)7-8-20(21)23-22(24-29(27-23)9-4-12-32-24)25(30)33-17-18-5-2-1-3-6-18/h1-3,5-8,15H,4,9-14,16-17H2. The van der Waals surface area contributed by atoms with Crippen LogP contribution in [-0.4, -0.2) is 53.6 Å². The number of hydrogen-bond donors (Lipinski definition) is 0. The molecule has 5 rings (SSSR count). The van der Waals surface area contributed by atoms with Gasteiger partial charge >= 0.3 is 5.97 Å². The van der Waals surface area contributed by atoms with Crippen LogP contribution in [0.5, 0.6) is 5.88 Å². The van der Waals surface area contributed by atoms with Gasteiger partial charge in [0.2, 0.25) is 5.88 Å². The van der Waals surface area contributed by atoms with Crippen LogP contribution in [0.25, 0.3) is 11.3 Å². The van der Waals surface area contributed by atoms with E-state index < -0.39 is 11.8 Å². The normalized spacial score (nSPS) is 16.2. The molecule has 0 radical (unpaired) electrons. The molecule has 0 unspecified atom stereocenters. The molecule has 1 aromatic heterocycles. The lowest BCUT2D eigenvalue weighted by molar-refractivity contribution is 0.0341. The Hall–Kier alpha value is -3.23. The average molecular weight is 451 g/mol. The maximum Gasteiger partial charge on any atom is 0.346 e. The van der Waals surface area contributed by atoms with Crippen molar-refractivity contribution in [3.63, 3.8) is 0 Å². The number of morpholine rings is 1. The van der Waals surface area contributed by atoms with Crippen molar-refractivity contribution < 1.29 is 23.4 Å². The molecule has 2 aliphatic rings. The molecule has 2 aromatic carbocycles. The molecule has 33 heavy (non-hydrogen) atoms. The number of aryl methyl sites for hydroxylation is 1. The lowest BCUT2D eigenvalue weighted by Gasteiger charge is -2.26. The van der Waals surface area contributed by atoms with E-state index >= 15 is 4.39 Å². The largest absolute Gasteiger partial charge is 0.477 e. The van der Waals surface area contributed by atoms with Crippen molar-refractivity contribution >= 4 is 5.97 Å². The van der Waals surface area contributed by atoms with Crippen molar-refractivity contribution in [2.75, 3.05) is 32.9 Å². The first-order valence-corrected chi connectivity index (χ1v) is 11.2. The van der Waals surface area contributed by atoms with Crippen molar-refractivity contribution in [2.45, 2.75) is 26.1 Å². The lowest BCUT2D eigenvalue weighted by atomic mass is 10.0. The second kappa shape index (κ2) is 9.72. The van der Waals surface area contributed by atoms with E-state index in [1.807, 2.05) is 36.4 Å². The summed E-state index contributed by atoms with van der Waals surface area (Å²) in [5, 5.41) is 4.53. The van der Waals surface area contributed by atoms with Crippen LogP contribution >= 0.6 is 0 Å². The van der Waals surface area contributed by atoms with Crippen molar-refractivity contribution in [3.05, 3.63) is 71.0 Å². The number of esters is 1. The minimum atomic E-state index is -0.575. The molecule has 1 saturated heterocycles. The van der Waals surface area contributed by atoms with Crippen molar-refractivity contribution in [3.8, 4) is 17.1 Å². The van der Waals surface area contributed by atoms with E-state index in [2.05, 4.69) is 10.00 Å². The first kappa shape index (κ1) is 21.6. The molecule has 0 amide bonds. The summed E-state index contributed by atoms with van der Waals surface area (Å²) in [6, 6.07) is 14.5. The zero-order valence-corrected chi connectivity index (χ0v) is 18.3. The van der Waals surface area contributed by atoms with Crippen LogP contribution in [0.4, 0.5) is 4.39 Å². The van der Waals surface area contributed by atoms with Gasteiger partial charge < -0.3 is 14.2 Å². The van der Waals surface area contributed by atoms with E-state index in [1.54, 1.807) is 10.7 Å². The summed E-state index contributed by atoms with van der Waals surface area (Å²) in [7, 11) is 0. The first-order valence-electron chi connectivity index (χ1n) is 11.2. The van der Waals surface area contributed by atoms with Gasteiger partial charge in [-0.1, -0.05) is 36.4 Å². The van der Waals surface area contributed by atoms with Gasteiger partial charge in [0.1, 0.15) is 23.7 Å². The third-order valence-electron chi connectivity index (χ3n) is 5.87. The summed E-state index contributed by atoms with van der Waals surface area (Å²) in [5.74, 6) is -0.659. The summed E-state index contributed by atoms with van der Waals surface area (Å²) in [6.45, 7) is 4.87. The molecule has 0 atom stereocenters. The Balaban J connectivity index is 1.42. The van der Waals surface area contributed by atoms with Gasteiger partial charge in [-0.3, -0.25) is 4.90 Å². The molecule has 172 valence electrons. The predicted octanol–water partition coefficient (Wildman–Crippen LogP) is 3.66. The van der Waals surface area contributed by atoms with Crippen LogP contribution < -0.4 is 4.74 Å². The quantitative estimate of drug-likeness (QED) is 0.533. The fourth-order valence-corrected chi connectivity index (χ4v) is 4.16. The fourth-order valence-electron chi connectivity index (χ4n) is 4.16. The molecule has 8 heteroatoms. The summed E-state index contributed by atoms with van der Waals surface area (Å²) in [4.78, 5) is 15.3. The SMILES string of the molecule is O=C(OCc1ccccc1)c1c(-c2ccc(CN3CCOCC3)cc2F)nn2c1OCCC2. The Morgan fingerprint density at radius 1 is 1.03 bits per heavy atom. The van der Waals surface area contributed by atoms with Gasteiger partial charge in [-0.05, 0) is 23.3 Å². The molecule has 7 nitrogen and oxygen atoms in total. The number of benzene rings is 2. The molecular weight excluding hydrogens is 425 g/mol. The Morgan fingerprint density at radius 2 is 1.85 bits per heavy atom. The molecular formula is C25H26FN3O4. The zero-order chi connectivity index (χ0) is 22.6. The molecule has 0 saturated carbocycles. The van der Waals surface area contributed by atoms with E-state index in [-0.39, 0.29) is 23.4 Å². The van der Waals surface area contributed by atoms with Crippen molar-refractivity contribution in [2.24, 2.45) is 0 Å². The van der Waals surface area contributed by atoms with Crippen molar-refractivity contribution in [1.82, 2.24) is 14.7 Å². The second-order valence-corrected chi connectivity index (χ2v) is 8.22. The smallest absolute Gasteiger partial charge is 0.346 e. The van der Waals surface area contributed by atoms with Gasteiger partial charge in [0.25, 0.3) is 0 Å². The predicted molar refractivity (Wildman–Crippen MR) is 119 cm³/mol. The minimum Gasteiger partial charge on any atom is -0.477 e. The number of carbonyl (C=O) groups excluding carboxylic acids is 1. The number of rotatable bonds is 6. The van der Waals surface area contributed by atoms with Gasteiger partial charge in [-0.2, -0.15) is 5.10 Å². The Morgan fingerprint density at radius 3 is 2.64 bits per heavy atom. The number of halogens is 1. The zero-order valence-electron chi connectivity index (χ0n) is 18.3. The number of hydrogen-bond acceptors (Lipinski definition) is 6. The molecule has 2 aliphatic heterocycles. The van der Waals surface area contributed by atoms with Gasteiger partial charge in [-0.15, -0.1) is 0 Å². The monoisotopic (exact) mass is 451 g/mol. The summed E-state index contributed by atoms with van der Waals surface area (Å²) < 4.78 is 33.6. The summed E-state index contributed by atoms with van der Waals surface area (Å²) in [5.41, 5.74) is 2.42. The number of aromatic nitrogens is 2. The molecule has 0 bridgehead atoms. The highest BCUT2D eigenvalue weighted by Gasteiger charge is 2.30. The van der Waals surface area contributed by atoms with Crippen LogP contribution in [0.3, 0.4) is 0 Å². The molecule has 0 aliphatic carbocycles. The number of ether oxygens (including phenoxy) is 3. The maximum atomic E-state index is 15.3. The lowest BCUT2D eigenvalue weighted by Crippen LogP contribution is -2.35. The minimum absolute atomic E-state index is 0.116. The Bertz CT molecular complexity index is 1130. The maximum absolute atomic E-state index is 15.3. The molecule has 0 spiro atoms. The third-order valence-corrected chi connectivity index (χ3v) is 5.87. The Labute approximate surface area is 191 Å². The van der Waals surface area contributed by atoms with Crippen LogP contribution in [0.15, 0.2) is 48.5 Å². The fraction of sp³-hybridized carbons (Fsp3) is 0.360. The van der Waals surface area contributed by atoms with Crippen LogP contribution in [-0.2, 0) is 29.2 Å². The highest BCUT2D eigenvalue weighted by molar-refractivity contribution is 5.99. The molecule has 1 fully saturated rings. The molecule has 0 N–H and O–H groups in total. The number of fused-ring (bicyclic) bond motifs is 1. The topological polar surface area (TPSA) is 65.8 Å². The van der Waals surface area contributed by atoms with Crippen LogP contribution in [0.1, 0.15) is 27.9 Å². The number of carbonyl (C=O) groups is 1. The van der Waals surface area contributed by atoms with Gasteiger partial charge in [0, 0.05) is 38.2 Å². The summed E-state index contributed by atoms with van der Waals surface area (Å²) in [6.07, 6.45) is 0.771. The van der Waals surface area contributed by atoms with Crippen LogP contribution in [0.2, 0.25) is 0 Å². The second-order valence-electron chi connectivity index (χ2n) is 8.22. The summed E-state index contributed by atoms with van der Waals surface area (Å²) >= 11 is 0. The van der Waals surface area contributed by atoms with E-state index in [0.29, 0.717) is 38.8 Å². The van der Waals surface area contributed by atoms with E-state index in [1.165, 1.54) is 6.07 Å². The van der Waals surface area contributed by atoms with E-state index in [9.17, 15) is 4.79 Å². The molecule has 3 aromatic rings. The van der Waals surface area contributed by atoms with E-state index in [0.717, 1.165) is 30.6 Å². The average Bonchev–Trinajstić information content (AvgIpc) is 3.23. The van der Waals surface area contributed by atoms with E-state index in [4.69, 9.17) is 14.2 Å². The highest BCUT2D eigenvalue weighted by Crippen LogP contribution is 2.35. The number of nitrogens with zero attached hydrogens (tertiary/aromatic N) is 3. The van der Waals surface area contributed by atoms with Crippen molar-refractivity contribution in [1.29, 1.82) is 0 Å². The molecule has 3 heterocycles.